The summed E-state index contributed by atoms with van der Waals surface area (Å²) in [5.74, 6) is -0.261. The molecule has 0 fully saturated rings. The first-order valence-electron chi connectivity index (χ1n) is 3.17. The number of aromatic amines is 1. The summed E-state index contributed by atoms with van der Waals surface area (Å²) in [7, 11) is 0. The standard InChI is InChI=1S/C6H2Br2N2O2S/c7-3-1-2(4(8)13-3)5-9-10-6(11)12-5/h1H,(H,10,11). The minimum absolute atomic E-state index is 0.291. The molecule has 0 atom stereocenters. The quantitative estimate of drug-likeness (QED) is 0.876. The topological polar surface area (TPSA) is 58.9 Å². The van der Waals surface area contributed by atoms with Crippen LogP contribution < -0.4 is 5.76 Å². The number of aromatic nitrogens is 2. The second-order valence-corrected chi connectivity index (χ2v) is 5.91. The third kappa shape index (κ3) is 1.77. The van der Waals surface area contributed by atoms with Gasteiger partial charge in [-0.25, -0.2) is 9.89 Å². The molecule has 1 N–H and O–H groups in total. The third-order valence-corrected chi connectivity index (χ3v) is 3.66. The maximum absolute atomic E-state index is 10.7. The van der Waals surface area contributed by atoms with Gasteiger partial charge in [-0.05, 0) is 37.9 Å². The van der Waals surface area contributed by atoms with Crippen molar-refractivity contribution in [2.75, 3.05) is 0 Å². The average molecular weight is 326 g/mol. The predicted octanol–water partition coefficient (Wildman–Crippen LogP) is 2.62. The van der Waals surface area contributed by atoms with E-state index >= 15 is 0 Å². The first kappa shape index (κ1) is 9.17. The van der Waals surface area contributed by atoms with E-state index in [1.807, 2.05) is 6.07 Å². The van der Waals surface area contributed by atoms with Crippen LogP contribution in [0, 0.1) is 0 Å². The lowest BCUT2D eigenvalue weighted by atomic mass is 10.3. The van der Waals surface area contributed by atoms with Gasteiger partial charge in [-0.2, -0.15) is 0 Å². The van der Waals surface area contributed by atoms with Crippen molar-refractivity contribution >= 4 is 43.2 Å². The van der Waals surface area contributed by atoms with E-state index in [9.17, 15) is 4.79 Å². The number of nitrogens with zero attached hydrogens (tertiary/aromatic N) is 1. The summed E-state index contributed by atoms with van der Waals surface area (Å²) in [5.41, 5.74) is 0.759. The summed E-state index contributed by atoms with van der Waals surface area (Å²) in [6.07, 6.45) is 0. The van der Waals surface area contributed by atoms with Crippen molar-refractivity contribution in [3.05, 3.63) is 24.2 Å². The van der Waals surface area contributed by atoms with Crippen LogP contribution in [0.3, 0.4) is 0 Å². The maximum atomic E-state index is 10.7. The highest BCUT2D eigenvalue weighted by atomic mass is 79.9. The molecule has 68 valence electrons. The molecule has 0 aliphatic rings. The van der Waals surface area contributed by atoms with E-state index in [4.69, 9.17) is 4.42 Å². The van der Waals surface area contributed by atoms with E-state index in [0.717, 1.165) is 13.1 Å². The molecule has 0 amide bonds. The highest BCUT2D eigenvalue weighted by Crippen LogP contribution is 2.37. The molecule has 0 unspecified atom stereocenters. The van der Waals surface area contributed by atoms with Crippen LogP contribution in [0.2, 0.25) is 0 Å². The summed E-state index contributed by atoms with van der Waals surface area (Å²) in [6.45, 7) is 0. The van der Waals surface area contributed by atoms with Crippen LogP contribution in [-0.2, 0) is 0 Å². The largest absolute Gasteiger partial charge is 0.434 e. The molecule has 0 spiro atoms. The van der Waals surface area contributed by atoms with Crippen LogP contribution in [0.1, 0.15) is 0 Å². The van der Waals surface area contributed by atoms with Gasteiger partial charge < -0.3 is 4.42 Å². The van der Waals surface area contributed by atoms with Crippen molar-refractivity contribution in [3.8, 4) is 11.5 Å². The normalized spacial score (nSPS) is 10.6. The van der Waals surface area contributed by atoms with Gasteiger partial charge in [0.25, 0.3) is 5.89 Å². The van der Waals surface area contributed by atoms with Gasteiger partial charge in [-0.15, -0.1) is 16.4 Å². The Hall–Kier alpha value is -0.400. The minimum Gasteiger partial charge on any atom is -0.388 e. The molecule has 2 aromatic rings. The molecule has 0 bridgehead atoms. The molecule has 0 radical (unpaired) electrons. The summed E-state index contributed by atoms with van der Waals surface area (Å²) < 4.78 is 6.61. The highest BCUT2D eigenvalue weighted by molar-refractivity contribution is 9.12. The molecule has 0 aromatic carbocycles. The summed E-state index contributed by atoms with van der Waals surface area (Å²) in [5, 5.41) is 5.91. The number of hydrogen-bond donors (Lipinski definition) is 1. The summed E-state index contributed by atoms with van der Waals surface area (Å²) >= 11 is 8.14. The molecule has 0 aliphatic heterocycles. The van der Waals surface area contributed by atoms with Gasteiger partial charge in [0.15, 0.2) is 0 Å². The van der Waals surface area contributed by atoms with E-state index in [2.05, 4.69) is 42.1 Å². The van der Waals surface area contributed by atoms with Gasteiger partial charge in [-0.1, -0.05) is 0 Å². The van der Waals surface area contributed by atoms with E-state index in [0.29, 0.717) is 5.89 Å². The molecule has 0 aliphatic carbocycles. The molecule has 2 rings (SSSR count). The lowest BCUT2D eigenvalue weighted by Gasteiger charge is -1.86. The van der Waals surface area contributed by atoms with Gasteiger partial charge in [0.05, 0.1) is 13.1 Å². The molecule has 2 aromatic heterocycles. The summed E-state index contributed by atoms with van der Waals surface area (Å²) in [6, 6.07) is 1.83. The van der Waals surface area contributed by atoms with Gasteiger partial charge in [0, 0.05) is 0 Å². The zero-order valence-electron chi connectivity index (χ0n) is 6.01. The van der Waals surface area contributed by atoms with Crippen molar-refractivity contribution in [1.29, 1.82) is 0 Å². The van der Waals surface area contributed by atoms with Crippen LogP contribution >= 0.6 is 43.2 Å². The Morgan fingerprint density at radius 1 is 1.54 bits per heavy atom. The zero-order chi connectivity index (χ0) is 9.42. The van der Waals surface area contributed by atoms with E-state index in [1.165, 1.54) is 11.3 Å². The number of hydrogen-bond acceptors (Lipinski definition) is 4. The molecule has 2 heterocycles. The number of halogens is 2. The molecule has 7 heteroatoms. The number of nitrogens with one attached hydrogen (secondary N) is 1. The monoisotopic (exact) mass is 324 g/mol. The fourth-order valence-corrected chi connectivity index (χ4v) is 3.61. The minimum atomic E-state index is -0.552. The molecule has 4 nitrogen and oxygen atoms in total. The smallest absolute Gasteiger partial charge is 0.388 e. The van der Waals surface area contributed by atoms with Crippen molar-refractivity contribution < 1.29 is 4.42 Å². The second kappa shape index (κ2) is 3.39. The second-order valence-electron chi connectivity index (χ2n) is 2.16. The fourth-order valence-electron chi connectivity index (χ4n) is 0.831. The molecule has 13 heavy (non-hydrogen) atoms. The molecule has 0 saturated carbocycles. The fraction of sp³-hybridized carbons (Fsp3) is 0. The van der Waals surface area contributed by atoms with Crippen molar-refractivity contribution in [2.45, 2.75) is 0 Å². The lowest BCUT2D eigenvalue weighted by molar-refractivity contribution is 0.527. The van der Waals surface area contributed by atoms with Gasteiger partial charge in [-0.3, -0.25) is 0 Å². The van der Waals surface area contributed by atoms with E-state index in [1.54, 1.807) is 0 Å². The van der Waals surface area contributed by atoms with E-state index < -0.39 is 5.76 Å². The van der Waals surface area contributed by atoms with Crippen molar-refractivity contribution in [1.82, 2.24) is 10.2 Å². The van der Waals surface area contributed by atoms with Crippen LogP contribution in [0.4, 0.5) is 0 Å². The van der Waals surface area contributed by atoms with Crippen LogP contribution in [0.25, 0.3) is 11.5 Å². The highest BCUT2D eigenvalue weighted by Gasteiger charge is 2.12. The van der Waals surface area contributed by atoms with Crippen LogP contribution in [0.5, 0.6) is 0 Å². The van der Waals surface area contributed by atoms with Crippen LogP contribution in [0.15, 0.2) is 22.9 Å². The molecular weight excluding hydrogens is 324 g/mol. The number of rotatable bonds is 1. The van der Waals surface area contributed by atoms with E-state index in [-0.39, 0.29) is 0 Å². The Morgan fingerprint density at radius 2 is 2.31 bits per heavy atom. The van der Waals surface area contributed by atoms with Crippen molar-refractivity contribution in [3.63, 3.8) is 0 Å². The lowest BCUT2D eigenvalue weighted by Crippen LogP contribution is -1.93. The van der Waals surface area contributed by atoms with Gasteiger partial charge >= 0.3 is 5.76 Å². The Balaban J connectivity index is 2.57. The maximum Gasteiger partial charge on any atom is 0.434 e. The predicted molar refractivity (Wildman–Crippen MR) is 55.8 cm³/mol. The van der Waals surface area contributed by atoms with Crippen LogP contribution in [-0.4, -0.2) is 10.2 Å². The van der Waals surface area contributed by atoms with Gasteiger partial charge in [0.2, 0.25) is 0 Å². The Morgan fingerprint density at radius 3 is 2.77 bits per heavy atom. The third-order valence-electron chi connectivity index (χ3n) is 1.33. The molecular formula is C6H2Br2N2O2S. The Bertz CT molecular complexity index is 487. The average Bonchev–Trinajstić information content (AvgIpc) is 2.58. The number of H-pyrrole nitrogens is 1. The first-order valence-corrected chi connectivity index (χ1v) is 5.58. The van der Waals surface area contributed by atoms with Crippen molar-refractivity contribution in [2.24, 2.45) is 0 Å². The Kier molecular flexibility index (Phi) is 2.39. The Labute approximate surface area is 93.2 Å². The van der Waals surface area contributed by atoms with Gasteiger partial charge in [0.1, 0.15) is 0 Å². The summed E-state index contributed by atoms with van der Waals surface area (Å²) in [4.78, 5) is 10.7. The molecule has 0 saturated heterocycles. The first-order chi connectivity index (χ1) is 6.16. The zero-order valence-corrected chi connectivity index (χ0v) is 9.99. The SMILES string of the molecule is O=c1[nH]nc(-c2cc(Br)sc2Br)o1. The number of thiophene rings is 1.